The van der Waals surface area contributed by atoms with Gasteiger partial charge in [0, 0.05) is 6.54 Å². The Labute approximate surface area is 130 Å². The Bertz CT molecular complexity index is 342. The zero-order chi connectivity index (χ0) is 17.1. The Morgan fingerprint density at radius 2 is 1.86 bits per heavy atom. The van der Waals surface area contributed by atoms with Crippen molar-refractivity contribution >= 4 is 19.0 Å². The molecule has 1 rings (SSSR count). The highest BCUT2D eigenvalue weighted by atomic mass is 16.4. The Hall–Kier alpha value is -1.16. The molecule has 1 amide bonds. The predicted molar refractivity (Wildman–Crippen MR) is 81.8 cm³/mol. The summed E-state index contributed by atoms with van der Waals surface area (Å²) in [6.07, 6.45) is 3.82. The summed E-state index contributed by atoms with van der Waals surface area (Å²) in [6, 6.07) is -0.929. The maximum absolute atomic E-state index is 11.3. The summed E-state index contributed by atoms with van der Waals surface area (Å²) in [6.45, 7) is 1.62. The molecule has 0 aromatic heterocycles. The fourth-order valence-electron chi connectivity index (χ4n) is 2.22. The van der Waals surface area contributed by atoms with Crippen LogP contribution in [0.4, 0.5) is 0 Å². The van der Waals surface area contributed by atoms with Crippen LogP contribution in [0.3, 0.4) is 0 Å². The lowest BCUT2D eigenvalue weighted by Crippen LogP contribution is -2.46. The van der Waals surface area contributed by atoms with Crippen LogP contribution in [0, 0.1) is 11.8 Å². The summed E-state index contributed by atoms with van der Waals surface area (Å²) in [4.78, 5) is 22.4. The summed E-state index contributed by atoms with van der Waals surface area (Å²) in [5.74, 6) is -1.64. The van der Waals surface area contributed by atoms with Crippen LogP contribution in [0.5, 0.6) is 0 Å². The third-order valence-electron chi connectivity index (χ3n) is 3.66. The molecule has 0 bridgehead atoms. The number of aliphatic hydroxyl groups is 1. The molecule has 0 aliphatic heterocycles. The number of rotatable bonds is 6. The lowest BCUT2D eigenvalue weighted by Gasteiger charge is -2.28. The van der Waals surface area contributed by atoms with E-state index in [0.717, 1.165) is 19.3 Å². The first kappa shape index (κ1) is 20.8. The molecule has 1 fully saturated rings. The quantitative estimate of drug-likeness (QED) is 0.336. The van der Waals surface area contributed by atoms with Gasteiger partial charge in [-0.3, -0.25) is 9.59 Å². The van der Waals surface area contributed by atoms with Gasteiger partial charge in [-0.15, -0.1) is 0 Å². The molecule has 22 heavy (non-hydrogen) atoms. The lowest BCUT2D eigenvalue weighted by atomic mass is 9.79. The average molecular weight is 318 g/mol. The first-order chi connectivity index (χ1) is 10.3. The Morgan fingerprint density at radius 3 is 2.32 bits per heavy atom. The van der Waals surface area contributed by atoms with Crippen molar-refractivity contribution in [2.75, 3.05) is 13.2 Å². The largest absolute Gasteiger partial charge is 0.481 e. The van der Waals surface area contributed by atoms with E-state index in [1.165, 1.54) is 0 Å². The molecule has 0 spiro atoms. The Morgan fingerprint density at radius 1 is 1.32 bits per heavy atom. The molecule has 0 saturated heterocycles. The van der Waals surface area contributed by atoms with Crippen molar-refractivity contribution in [1.82, 2.24) is 5.32 Å². The number of carboxylic acids is 1. The van der Waals surface area contributed by atoms with Crippen LogP contribution in [0.1, 0.15) is 32.6 Å². The molecule has 0 aromatic carbocycles. The molecule has 1 aliphatic rings. The molecule has 0 heterocycles. The third kappa shape index (κ3) is 8.33. The molecule has 1 saturated carbocycles. The van der Waals surface area contributed by atoms with Crippen molar-refractivity contribution in [3.05, 3.63) is 0 Å². The van der Waals surface area contributed by atoms with Gasteiger partial charge >= 0.3 is 13.1 Å². The van der Waals surface area contributed by atoms with Crippen molar-refractivity contribution in [3.63, 3.8) is 0 Å². The average Bonchev–Trinajstić information content (AvgIpc) is 2.52. The van der Waals surface area contributed by atoms with Gasteiger partial charge < -0.3 is 31.3 Å². The van der Waals surface area contributed by atoms with E-state index in [9.17, 15) is 9.59 Å². The van der Waals surface area contributed by atoms with Crippen LogP contribution in [-0.4, -0.2) is 58.4 Å². The molecule has 1 aliphatic carbocycles. The highest BCUT2D eigenvalue weighted by Gasteiger charge is 2.31. The van der Waals surface area contributed by atoms with E-state index in [1.807, 2.05) is 0 Å². The zero-order valence-corrected chi connectivity index (χ0v) is 12.9. The fourth-order valence-corrected chi connectivity index (χ4v) is 2.22. The van der Waals surface area contributed by atoms with E-state index in [-0.39, 0.29) is 11.8 Å². The van der Waals surface area contributed by atoms with Crippen molar-refractivity contribution < 1.29 is 29.9 Å². The SMILES string of the molecule is CCB(O)O.NC(CO)C(=O)NCC1CCCCC1C(=O)O. The first-order valence-corrected chi connectivity index (χ1v) is 7.56. The van der Waals surface area contributed by atoms with Gasteiger partial charge in [0.05, 0.1) is 12.5 Å². The molecular formula is C13H27BN2O6. The number of carboxylic acid groups (broad SMARTS) is 1. The van der Waals surface area contributed by atoms with Gasteiger partial charge in [-0.1, -0.05) is 19.8 Å². The second kappa shape index (κ2) is 11.4. The molecule has 0 aromatic rings. The molecule has 9 heteroatoms. The molecule has 7 N–H and O–H groups in total. The zero-order valence-electron chi connectivity index (χ0n) is 12.9. The van der Waals surface area contributed by atoms with Gasteiger partial charge in [0.2, 0.25) is 5.91 Å². The molecule has 0 radical (unpaired) electrons. The van der Waals surface area contributed by atoms with Gasteiger partial charge in [-0.2, -0.15) is 0 Å². The highest BCUT2D eigenvalue weighted by molar-refractivity contribution is 6.40. The maximum atomic E-state index is 11.3. The molecule has 128 valence electrons. The van der Waals surface area contributed by atoms with Gasteiger partial charge in [0.25, 0.3) is 0 Å². The number of nitrogens with two attached hydrogens (primary N) is 1. The van der Waals surface area contributed by atoms with Crippen LogP contribution >= 0.6 is 0 Å². The monoisotopic (exact) mass is 318 g/mol. The number of nitrogens with one attached hydrogen (secondary N) is 1. The van der Waals surface area contributed by atoms with Crippen LogP contribution in [0.25, 0.3) is 0 Å². The molecule has 8 nitrogen and oxygen atoms in total. The van der Waals surface area contributed by atoms with E-state index >= 15 is 0 Å². The summed E-state index contributed by atoms with van der Waals surface area (Å²) in [5, 5.41) is 36.2. The number of hydrogen-bond donors (Lipinski definition) is 6. The molecule has 3 unspecified atom stereocenters. The van der Waals surface area contributed by atoms with Crippen molar-refractivity contribution in [3.8, 4) is 0 Å². The van der Waals surface area contributed by atoms with Crippen LogP contribution in [0.2, 0.25) is 6.32 Å². The summed E-state index contributed by atoms with van der Waals surface area (Å²) in [5.41, 5.74) is 5.35. The van der Waals surface area contributed by atoms with Crippen LogP contribution < -0.4 is 11.1 Å². The number of aliphatic carboxylic acids is 1. The number of hydrogen-bond acceptors (Lipinski definition) is 6. The number of carbonyl (C=O) groups excluding carboxylic acids is 1. The minimum atomic E-state index is -1.12. The van der Waals surface area contributed by atoms with E-state index in [4.69, 9.17) is 26.0 Å². The third-order valence-corrected chi connectivity index (χ3v) is 3.66. The van der Waals surface area contributed by atoms with E-state index < -0.39 is 31.6 Å². The predicted octanol–water partition coefficient (Wildman–Crippen LogP) is -1.21. The summed E-state index contributed by atoms with van der Waals surface area (Å²) in [7, 11) is -1.12. The smallest absolute Gasteiger partial charge is 0.451 e. The highest BCUT2D eigenvalue weighted by Crippen LogP contribution is 2.29. The topological polar surface area (TPSA) is 153 Å². The summed E-state index contributed by atoms with van der Waals surface area (Å²) >= 11 is 0. The molecule has 3 atom stereocenters. The van der Waals surface area contributed by atoms with Gasteiger partial charge in [0.1, 0.15) is 6.04 Å². The number of amides is 1. The Balaban J connectivity index is 0.000000763. The minimum absolute atomic E-state index is 0.0314. The number of carbonyl (C=O) groups is 2. The second-order valence-corrected chi connectivity index (χ2v) is 5.41. The second-order valence-electron chi connectivity index (χ2n) is 5.41. The van der Waals surface area contributed by atoms with Gasteiger partial charge in [-0.05, 0) is 25.1 Å². The fraction of sp³-hybridized carbons (Fsp3) is 0.846. The van der Waals surface area contributed by atoms with E-state index in [0.29, 0.717) is 19.3 Å². The standard InChI is InChI=1S/C11H20N2O4.C2H7BO2/c12-9(6-14)10(15)13-5-7-3-1-2-4-8(7)11(16)17;1-2-3(4)5/h7-9,14H,1-6,12H2,(H,13,15)(H,16,17);4-5H,2H2,1H3. The van der Waals surface area contributed by atoms with Crippen LogP contribution in [-0.2, 0) is 9.59 Å². The first-order valence-electron chi connectivity index (χ1n) is 7.56. The van der Waals surface area contributed by atoms with E-state index in [1.54, 1.807) is 6.92 Å². The van der Waals surface area contributed by atoms with Crippen molar-refractivity contribution in [2.24, 2.45) is 17.6 Å². The maximum Gasteiger partial charge on any atom is 0.451 e. The number of aliphatic hydroxyl groups excluding tert-OH is 1. The normalized spacial score (nSPS) is 22.0. The van der Waals surface area contributed by atoms with Gasteiger partial charge in [0.15, 0.2) is 0 Å². The summed E-state index contributed by atoms with van der Waals surface area (Å²) < 4.78 is 0. The Kier molecular flexibility index (Phi) is 10.8. The lowest BCUT2D eigenvalue weighted by molar-refractivity contribution is -0.145. The van der Waals surface area contributed by atoms with Crippen LogP contribution in [0.15, 0.2) is 0 Å². The van der Waals surface area contributed by atoms with E-state index in [2.05, 4.69) is 5.32 Å². The minimum Gasteiger partial charge on any atom is -0.481 e. The van der Waals surface area contributed by atoms with Crippen molar-refractivity contribution in [1.29, 1.82) is 0 Å². The van der Waals surface area contributed by atoms with Crippen molar-refractivity contribution in [2.45, 2.75) is 45.0 Å². The molecular weight excluding hydrogens is 291 g/mol. The van der Waals surface area contributed by atoms with Gasteiger partial charge in [-0.25, -0.2) is 0 Å².